The second-order valence-electron chi connectivity index (χ2n) is 3.20. The van der Waals surface area contributed by atoms with Gasteiger partial charge in [0.05, 0.1) is 5.92 Å². The first kappa shape index (κ1) is 9.21. The number of hydrogen-bond donors (Lipinski definition) is 1. The van der Waals surface area contributed by atoms with Gasteiger partial charge < -0.3 is 5.32 Å². The van der Waals surface area contributed by atoms with Gasteiger partial charge in [-0.1, -0.05) is 18.2 Å². The molecule has 4 heteroatoms. The summed E-state index contributed by atoms with van der Waals surface area (Å²) in [5.41, 5.74) is 1.48. The Morgan fingerprint density at radius 2 is 2.14 bits per heavy atom. The summed E-state index contributed by atoms with van der Waals surface area (Å²) < 4.78 is 0. The minimum atomic E-state index is -0.499. The van der Waals surface area contributed by atoms with Crippen molar-refractivity contribution in [2.24, 2.45) is 0 Å². The molecule has 3 nitrogen and oxygen atoms in total. The van der Waals surface area contributed by atoms with E-state index in [1.54, 1.807) is 18.2 Å². The van der Waals surface area contributed by atoms with Crippen LogP contribution in [0.5, 0.6) is 0 Å². The van der Waals surface area contributed by atoms with Crippen LogP contribution in [0.2, 0.25) is 0 Å². The molecule has 1 aromatic rings. The lowest BCUT2D eigenvalue weighted by molar-refractivity contribution is -0.120. The summed E-state index contributed by atoms with van der Waals surface area (Å²) in [6, 6.07) is 7.20. The second kappa shape index (κ2) is 3.42. The molecule has 1 heterocycles. The Bertz CT molecular complexity index is 403. The highest BCUT2D eigenvalue weighted by atomic mass is 35.5. The average molecular weight is 210 g/mol. The van der Waals surface area contributed by atoms with E-state index in [0.29, 0.717) is 5.69 Å². The summed E-state index contributed by atoms with van der Waals surface area (Å²) in [6.45, 7) is 0. The number of carbonyl (C=O) groups is 2. The Labute approximate surface area is 86.1 Å². The van der Waals surface area contributed by atoms with Crippen molar-refractivity contribution in [1.82, 2.24) is 0 Å². The van der Waals surface area contributed by atoms with Crippen molar-refractivity contribution in [1.29, 1.82) is 0 Å². The topological polar surface area (TPSA) is 46.2 Å². The van der Waals surface area contributed by atoms with Gasteiger partial charge in [0.1, 0.15) is 0 Å². The maximum atomic E-state index is 11.2. The number of carbonyl (C=O) groups excluding carboxylic acids is 2. The molecule has 0 radical (unpaired) electrons. The van der Waals surface area contributed by atoms with Gasteiger partial charge in [-0.2, -0.15) is 0 Å². The van der Waals surface area contributed by atoms with Gasteiger partial charge >= 0.3 is 0 Å². The molecule has 0 aliphatic carbocycles. The first-order chi connectivity index (χ1) is 6.68. The van der Waals surface area contributed by atoms with E-state index in [0.717, 1.165) is 5.56 Å². The van der Waals surface area contributed by atoms with E-state index in [2.05, 4.69) is 5.32 Å². The van der Waals surface area contributed by atoms with E-state index in [1.165, 1.54) is 0 Å². The number of nitrogens with one attached hydrogen (secondary N) is 1. The molecule has 1 N–H and O–H groups in total. The first-order valence-corrected chi connectivity index (χ1v) is 4.64. The van der Waals surface area contributed by atoms with Crippen LogP contribution < -0.4 is 5.32 Å². The fourth-order valence-electron chi connectivity index (χ4n) is 1.61. The van der Waals surface area contributed by atoms with Crippen molar-refractivity contribution >= 4 is 28.4 Å². The van der Waals surface area contributed by atoms with Crippen LogP contribution in [-0.4, -0.2) is 11.1 Å². The summed E-state index contributed by atoms with van der Waals surface area (Å²) in [4.78, 5) is 22.3. The molecule has 14 heavy (non-hydrogen) atoms. The van der Waals surface area contributed by atoms with E-state index >= 15 is 0 Å². The van der Waals surface area contributed by atoms with Crippen LogP contribution in [0.4, 0.5) is 5.69 Å². The van der Waals surface area contributed by atoms with Gasteiger partial charge in [-0.3, -0.25) is 9.59 Å². The number of para-hydroxylation sites is 1. The highest BCUT2D eigenvalue weighted by Gasteiger charge is 2.28. The average Bonchev–Trinajstić information content (AvgIpc) is 2.16. The summed E-state index contributed by atoms with van der Waals surface area (Å²) in [7, 11) is 0. The summed E-state index contributed by atoms with van der Waals surface area (Å²) in [5.74, 6) is -0.663. The maximum absolute atomic E-state index is 11.2. The van der Waals surface area contributed by atoms with E-state index < -0.39 is 11.2 Å². The number of anilines is 1. The standard InChI is InChI=1S/C10H8ClNO2/c11-10(14)7-5-9(13)12-8-4-2-1-3-6(7)8/h1-4,7H,5H2,(H,12,13). The third-order valence-electron chi connectivity index (χ3n) is 2.27. The fourth-order valence-corrected chi connectivity index (χ4v) is 1.81. The highest BCUT2D eigenvalue weighted by Crippen LogP contribution is 2.33. The minimum Gasteiger partial charge on any atom is -0.326 e. The highest BCUT2D eigenvalue weighted by molar-refractivity contribution is 6.65. The molecule has 1 aromatic carbocycles. The molecule has 0 spiro atoms. The second-order valence-corrected chi connectivity index (χ2v) is 3.57. The van der Waals surface area contributed by atoms with Gasteiger partial charge in [0, 0.05) is 12.1 Å². The van der Waals surface area contributed by atoms with Crippen molar-refractivity contribution < 1.29 is 9.59 Å². The number of rotatable bonds is 1. The lowest BCUT2D eigenvalue weighted by Gasteiger charge is -2.22. The Morgan fingerprint density at radius 3 is 2.86 bits per heavy atom. The lowest BCUT2D eigenvalue weighted by atomic mass is 9.92. The summed E-state index contributed by atoms with van der Waals surface area (Å²) in [6.07, 6.45) is 0.138. The molecule has 0 bridgehead atoms. The van der Waals surface area contributed by atoms with Gasteiger partial charge in [-0.25, -0.2) is 0 Å². The molecule has 0 saturated heterocycles. The normalized spacial score (nSPS) is 19.8. The SMILES string of the molecule is O=C1CC(C(=O)Cl)c2ccccc2N1. The Hall–Kier alpha value is -1.35. The lowest BCUT2D eigenvalue weighted by Crippen LogP contribution is -2.25. The molecule has 0 saturated carbocycles. The molecule has 0 aromatic heterocycles. The zero-order chi connectivity index (χ0) is 10.1. The third kappa shape index (κ3) is 1.51. The molecule has 1 atom stereocenters. The smallest absolute Gasteiger partial charge is 0.229 e. The molecule has 1 amide bonds. The van der Waals surface area contributed by atoms with E-state index in [4.69, 9.17) is 11.6 Å². The summed E-state index contributed by atoms with van der Waals surface area (Å²) in [5, 5.41) is 2.22. The Morgan fingerprint density at radius 1 is 1.43 bits per heavy atom. The predicted octanol–water partition coefficient (Wildman–Crippen LogP) is 1.88. The van der Waals surface area contributed by atoms with Crippen molar-refractivity contribution in [3.63, 3.8) is 0 Å². The van der Waals surface area contributed by atoms with Gasteiger partial charge in [0.15, 0.2) is 0 Å². The van der Waals surface area contributed by atoms with Gasteiger partial charge in [-0.15, -0.1) is 0 Å². The van der Waals surface area contributed by atoms with Crippen LogP contribution in [0.25, 0.3) is 0 Å². The van der Waals surface area contributed by atoms with Crippen molar-refractivity contribution in [2.45, 2.75) is 12.3 Å². The first-order valence-electron chi connectivity index (χ1n) is 4.26. The molecular weight excluding hydrogens is 202 g/mol. The number of fused-ring (bicyclic) bond motifs is 1. The molecule has 0 fully saturated rings. The molecule has 1 aliphatic rings. The van der Waals surface area contributed by atoms with Gasteiger partial charge in [-0.05, 0) is 23.2 Å². The van der Waals surface area contributed by atoms with Crippen LogP contribution in [-0.2, 0) is 9.59 Å². The van der Waals surface area contributed by atoms with Crippen molar-refractivity contribution in [3.8, 4) is 0 Å². The number of benzene rings is 1. The number of hydrogen-bond acceptors (Lipinski definition) is 2. The Kier molecular flexibility index (Phi) is 2.25. The van der Waals surface area contributed by atoms with Crippen molar-refractivity contribution in [3.05, 3.63) is 29.8 Å². The third-order valence-corrected chi connectivity index (χ3v) is 2.54. The molecular formula is C10H8ClNO2. The number of halogens is 1. The fraction of sp³-hybridized carbons (Fsp3) is 0.200. The molecule has 1 unspecified atom stereocenters. The zero-order valence-electron chi connectivity index (χ0n) is 7.29. The van der Waals surface area contributed by atoms with Crippen LogP contribution >= 0.6 is 11.6 Å². The van der Waals surface area contributed by atoms with E-state index in [-0.39, 0.29) is 12.3 Å². The van der Waals surface area contributed by atoms with Crippen molar-refractivity contribution in [2.75, 3.05) is 5.32 Å². The van der Waals surface area contributed by atoms with E-state index in [9.17, 15) is 9.59 Å². The molecule has 2 rings (SSSR count). The monoisotopic (exact) mass is 209 g/mol. The summed E-state index contributed by atoms with van der Waals surface area (Å²) >= 11 is 5.43. The van der Waals surface area contributed by atoms with Crippen LogP contribution in [0.15, 0.2) is 24.3 Å². The van der Waals surface area contributed by atoms with Gasteiger partial charge in [0.2, 0.25) is 11.1 Å². The minimum absolute atomic E-state index is 0.138. The largest absolute Gasteiger partial charge is 0.326 e. The van der Waals surface area contributed by atoms with E-state index in [1.807, 2.05) is 6.07 Å². The predicted molar refractivity (Wildman–Crippen MR) is 53.3 cm³/mol. The van der Waals surface area contributed by atoms with Crippen LogP contribution in [0.1, 0.15) is 17.9 Å². The molecule has 72 valence electrons. The Balaban J connectivity index is 2.48. The van der Waals surface area contributed by atoms with Crippen LogP contribution in [0, 0.1) is 0 Å². The van der Waals surface area contributed by atoms with Crippen LogP contribution in [0.3, 0.4) is 0 Å². The number of amides is 1. The zero-order valence-corrected chi connectivity index (χ0v) is 8.04. The molecule has 1 aliphatic heterocycles. The van der Waals surface area contributed by atoms with Gasteiger partial charge in [0.25, 0.3) is 0 Å². The maximum Gasteiger partial charge on any atom is 0.229 e. The quantitative estimate of drug-likeness (QED) is 0.718.